The second-order valence-corrected chi connectivity index (χ2v) is 6.85. The van der Waals surface area contributed by atoms with E-state index >= 15 is 0 Å². The molecule has 0 bridgehead atoms. The summed E-state index contributed by atoms with van der Waals surface area (Å²) in [7, 11) is 1.63. The number of hydrogen-bond acceptors (Lipinski definition) is 7. The predicted octanol–water partition coefficient (Wildman–Crippen LogP) is 2.58. The maximum atomic E-state index is 12.7. The first-order chi connectivity index (χ1) is 14.2. The Kier molecular flexibility index (Phi) is 5.60. The molecular weight excluding hydrogens is 368 g/mol. The van der Waals surface area contributed by atoms with Gasteiger partial charge in [-0.3, -0.25) is 10.1 Å². The Morgan fingerprint density at radius 2 is 1.86 bits per heavy atom. The maximum Gasteiger partial charge on any atom is 0.229 e. The van der Waals surface area contributed by atoms with Gasteiger partial charge in [0.25, 0.3) is 0 Å². The summed E-state index contributed by atoms with van der Waals surface area (Å²) in [6.07, 6.45) is 6.30. The van der Waals surface area contributed by atoms with Gasteiger partial charge in [-0.15, -0.1) is 0 Å². The molecule has 1 saturated heterocycles. The van der Waals surface area contributed by atoms with E-state index < -0.39 is 0 Å². The number of carbonyl (C=O) groups is 1. The zero-order chi connectivity index (χ0) is 20.1. The van der Waals surface area contributed by atoms with Crippen LogP contribution in [0.25, 0.3) is 0 Å². The van der Waals surface area contributed by atoms with Crippen LogP contribution in [0.3, 0.4) is 0 Å². The van der Waals surface area contributed by atoms with Crippen molar-refractivity contribution in [3.05, 3.63) is 66.2 Å². The SMILES string of the molecule is COc1ccc(CC(=O)N2CC[C@@H](c3ccnc(Nc4ncccn4)n3)C2)cc1. The second kappa shape index (κ2) is 8.64. The summed E-state index contributed by atoms with van der Waals surface area (Å²) in [6.45, 7) is 1.39. The molecule has 148 valence electrons. The van der Waals surface area contributed by atoms with Crippen molar-refractivity contribution < 1.29 is 9.53 Å². The minimum atomic E-state index is 0.128. The summed E-state index contributed by atoms with van der Waals surface area (Å²) in [6, 6.07) is 11.3. The highest BCUT2D eigenvalue weighted by Crippen LogP contribution is 2.27. The third-order valence-electron chi connectivity index (χ3n) is 4.94. The van der Waals surface area contributed by atoms with E-state index in [0.29, 0.717) is 24.9 Å². The van der Waals surface area contributed by atoms with Crippen molar-refractivity contribution >= 4 is 17.8 Å². The summed E-state index contributed by atoms with van der Waals surface area (Å²) in [5, 5.41) is 3.01. The lowest BCUT2D eigenvalue weighted by Gasteiger charge is -2.17. The molecule has 8 nitrogen and oxygen atoms in total. The molecule has 0 spiro atoms. The average Bonchev–Trinajstić information content (AvgIpc) is 3.26. The van der Waals surface area contributed by atoms with Crippen LogP contribution in [-0.2, 0) is 11.2 Å². The van der Waals surface area contributed by atoms with Crippen molar-refractivity contribution in [1.29, 1.82) is 0 Å². The first-order valence-electron chi connectivity index (χ1n) is 9.49. The fourth-order valence-corrected chi connectivity index (χ4v) is 3.38. The van der Waals surface area contributed by atoms with Crippen LogP contribution in [0, 0.1) is 0 Å². The van der Waals surface area contributed by atoms with E-state index in [1.807, 2.05) is 35.2 Å². The molecule has 2 aromatic heterocycles. The zero-order valence-corrected chi connectivity index (χ0v) is 16.2. The smallest absolute Gasteiger partial charge is 0.229 e. The number of rotatable bonds is 6. The van der Waals surface area contributed by atoms with Gasteiger partial charge >= 0.3 is 0 Å². The molecule has 0 aliphatic carbocycles. The second-order valence-electron chi connectivity index (χ2n) is 6.85. The number of anilines is 2. The number of ether oxygens (including phenoxy) is 1. The first-order valence-corrected chi connectivity index (χ1v) is 9.49. The van der Waals surface area contributed by atoms with Crippen molar-refractivity contribution in [3.63, 3.8) is 0 Å². The first kappa shape index (κ1) is 18.8. The minimum absolute atomic E-state index is 0.128. The molecule has 0 unspecified atom stereocenters. The van der Waals surface area contributed by atoms with Gasteiger partial charge < -0.3 is 9.64 Å². The molecule has 1 N–H and O–H groups in total. The molecule has 8 heteroatoms. The maximum absolute atomic E-state index is 12.7. The molecule has 29 heavy (non-hydrogen) atoms. The molecule has 1 atom stereocenters. The Bertz CT molecular complexity index is 964. The van der Waals surface area contributed by atoms with Crippen LogP contribution in [0.5, 0.6) is 5.75 Å². The highest BCUT2D eigenvalue weighted by Gasteiger charge is 2.28. The minimum Gasteiger partial charge on any atom is -0.497 e. The van der Waals surface area contributed by atoms with Crippen LogP contribution in [-0.4, -0.2) is 50.9 Å². The van der Waals surface area contributed by atoms with E-state index in [2.05, 4.69) is 25.3 Å². The van der Waals surface area contributed by atoms with Gasteiger partial charge in [-0.1, -0.05) is 12.1 Å². The zero-order valence-electron chi connectivity index (χ0n) is 16.2. The fourth-order valence-electron chi connectivity index (χ4n) is 3.38. The third-order valence-corrected chi connectivity index (χ3v) is 4.94. The van der Waals surface area contributed by atoms with Crippen LogP contribution in [0.15, 0.2) is 55.0 Å². The standard InChI is InChI=1S/C21H22N6O2/c1-29-17-5-3-15(4-6-17)13-19(28)27-12-8-16(14-27)18-7-11-24-21(25-18)26-20-22-9-2-10-23-20/h2-7,9-11,16H,8,12-14H2,1H3,(H,22,23,24,25,26)/t16-/m1/s1. The topological polar surface area (TPSA) is 93.1 Å². The molecule has 3 heterocycles. The van der Waals surface area contributed by atoms with E-state index in [1.165, 1.54) is 0 Å². The monoisotopic (exact) mass is 390 g/mol. The van der Waals surface area contributed by atoms with Gasteiger partial charge in [-0.05, 0) is 36.2 Å². The summed E-state index contributed by atoms with van der Waals surface area (Å²) >= 11 is 0. The van der Waals surface area contributed by atoms with Gasteiger partial charge in [0.05, 0.1) is 19.2 Å². The Labute approximate surface area is 169 Å². The number of aromatic nitrogens is 4. The number of methoxy groups -OCH3 is 1. The number of nitrogens with one attached hydrogen (secondary N) is 1. The summed E-state index contributed by atoms with van der Waals surface area (Å²) in [5.74, 6) is 2.01. The number of hydrogen-bond donors (Lipinski definition) is 1. The molecule has 1 fully saturated rings. The number of carbonyl (C=O) groups excluding carboxylic acids is 1. The van der Waals surface area contributed by atoms with Crippen LogP contribution in [0.1, 0.15) is 23.6 Å². The van der Waals surface area contributed by atoms with Crippen LogP contribution < -0.4 is 10.1 Å². The van der Waals surface area contributed by atoms with Gasteiger partial charge in [-0.2, -0.15) is 0 Å². The Morgan fingerprint density at radius 1 is 1.10 bits per heavy atom. The molecule has 1 aromatic carbocycles. The van der Waals surface area contributed by atoms with Gasteiger partial charge in [0.1, 0.15) is 5.75 Å². The van der Waals surface area contributed by atoms with Crippen molar-refractivity contribution in [2.75, 3.05) is 25.5 Å². The van der Waals surface area contributed by atoms with Gasteiger partial charge in [0.2, 0.25) is 17.8 Å². The summed E-state index contributed by atoms with van der Waals surface area (Å²) < 4.78 is 5.16. The highest BCUT2D eigenvalue weighted by atomic mass is 16.5. The van der Waals surface area contributed by atoms with Crippen LogP contribution >= 0.6 is 0 Å². The Hall–Kier alpha value is -3.55. The molecule has 0 saturated carbocycles. The van der Waals surface area contributed by atoms with E-state index in [9.17, 15) is 4.79 Å². The lowest BCUT2D eigenvalue weighted by atomic mass is 10.1. The van der Waals surface area contributed by atoms with E-state index in [4.69, 9.17) is 4.74 Å². The Morgan fingerprint density at radius 3 is 2.62 bits per heavy atom. The molecule has 3 aromatic rings. The fraction of sp³-hybridized carbons (Fsp3) is 0.286. The predicted molar refractivity (Wildman–Crippen MR) is 108 cm³/mol. The highest BCUT2D eigenvalue weighted by molar-refractivity contribution is 5.79. The summed E-state index contributed by atoms with van der Waals surface area (Å²) in [4.78, 5) is 31.7. The number of amides is 1. The largest absolute Gasteiger partial charge is 0.497 e. The normalized spacial score (nSPS) is 15.9. The van der Waals surface area contributed by atoms with Crippen LogP contribution in [0.4, 0.5) is 11.9 Å². The van der Waals surface area contributed by atoms with Crippen molar-refractivity contribution in [1.82, 2.24) is 24.8 Å². The lowest BCUT2D eigenvalue weighted by molar-refractivity contribution is -0.129. The molecule has 1 aliphatic heterocycles. The van der Waals surface area contributed by atoms with Gasteiger partial charge in [0.15, 0.2) is 0 Å². The van der Waals surface area contributed by atoms with Crippen LogP contribution in [0.2, 0.25) is 0 Å². The van der Waals surface area contributed by atoms with E-state index in [-0.39, 0.29) is 11.8 Å². The van der Waals surface area contributed by atoms with Gasteiger partial charge in [-0.25, -0.2) is 19.9 Å². The molecule has 0 radical (unpaired) electrons. The van der Waals surface area contributed by atoms with E-state index in [1.54, 1.807) is 31.8 Å². The quantitative estimate of drug-likeness (QED) is 0.691. The molecule has 1 aliphatic rings. The lowest BCUT2D eigenvalue weighted by Crippen LogP contribution is -2.30. The molecular formula is C21H22N6O2. The molecule has 1 amide bonds. The van der Waals surface area contributed by atoms with E-state index in [0.717, 1.165) is 30.0 Å². The summed E-state index contributed by atoms with van der Waals surface area (Å²) in [5.41, 5.74) is 1.90. The number of nitrogens with zero attached hydrogens (tertiary/aromatic N) is 5. The Balaban J connectivity index is 1.37. The average molecular weight is 390 g/mol. The molecule has 4 rings (SSSR count). The number of likely N-dealkylation sites (tertiary alicyclic amines) is 1. The van der Waals surface area contributed by atoms with Crippen molar-refractivity contribution in [2.24, 2.45) is 0 Å². The van der Waals surface area contributed by atoms with Crippen molar-refractivity contribution in [3.8, 4) is 5.75 Å². The number of benzene rings is 1. The van der Waals surface area contributed by atoms with Crippen molar-refractivity contribution in [2.45, 2.75) is 18.8 Å². The van der Waals surface area contributed by atoms with Gasteiger partial charge in [0, 0.05) is 37.6 Å². The third kappa shape index (κ3) is 4.66.